The van der Waals surface area contributed by atoms with Crippen LogP contribution in [0.15, 0.2) is 12.3 Å². The highest BCUT2D eigenvalue weighted by atomic mass is 35.5. The van der Waals surface area contributed by atoms with Crippen LogP contribution in [-0.2, 0) is 14.3 Å². The molecule has 8 nitrogen and oxygen atoms in total. The molecule has 3 atom stereocenters. The number of esters is 1. The molecule has 1 saturated heterocycles. The number of carbonyl (C=O) groups is 1. The number of nitrogen functional groups attached to an aromatic ring is 1. The summed E-state index contributed by atoms with van der Waals surface area (Å²) in [6.07, 6.45) is 10.2. The Balaban J connectivity index is 1.70. The summed E-state index contributed by atoms with van der Waals surface area (Å²) >= 11 is 5.92. The summed E-state index contributed by atoms with van der Waals surface area (Å²) in [5, 5.41) is 11.2. The molecule has 3 N–H and O–H groups in total. The number of terminal acetylenes is 1. The number of aromatic nitrogens is 3. The van der Waals surface area contributed by atoms with Crippen molar-refractivity contribution in [2.45, 2.75) is 63.4 Å². The Kier molecular flexibility index (Phi) is 6.63. The molecular formula is C20H25ClN4O4. The number of halogens is 1. The lowest BCUT2D eigenvalue weighted by Gasteiger charge is -2.26. The van der Waals surface area contributed by atoms with Gasteiger partial charge in [-0.3, -0.25) is 4.79 Å². The van der Waals surface area contributed by atoms with Crippen LogP contribution < -0.4 is 5.73 Å². The zero-order chi connectivity index (χ0) is 21.0. The first-order valence-electron chi connectivity index (χ1n) is 9.69. The van der Waals surface area contributed by atoms with Crippen molar-refractivity contribution in [1.82, 2.24) is 14.5 Å². The second-order valence-electron chi connectivity index (χ2n) is 7.17. The summed E-state index contributed by atoms with van der Waals surface area (Å²) in [7, 11) is 0. The molecule has 0 aromatic carbocycles. The molecule has 0 spiro atoms. The number of nitrogens with two attached hydrogens (primary N) is 1. The van der Waals surface area contributed by atoms with E-state index in [1.807, 2.05) is 0 Å². The van der Waals surface area contributed by atoms with Crippen molar-refractivity contribution in [2.24, 2.45) is 0 Å². The fourth-order valence-electron chi connectivity index (χ4n) is 3.44. The third-order valence-corrected chi connectivity index (χ3v) is 5.29. The van der Waals surface area contributed by atoms with Gasteiger partial charge < -0.3 is 24.9 Å². The second-order valence-corrected chi connectivity index (χ2v) is 7.51. The van der Waals surface area contributed by atoms with Crippen molar-refractivity contribution < 1.29 is 19.4 Å². The van der Waals surface area contributed by atoms with Gasteiger partial charge in [0.2, 0.25) is 5.28 Å². The minimum absolute atomic E-state index is 0.00807. The maximum atomic E-state index is 12.0. The maximum absolute atomic E-state index is 12.0. The predicted octanol–water partition coefficient (Wildman–Crippen LogP) is 2.83. The monoisotopic (exact) mass is 420 g/mol. The van der Waals surface area contributed by atoms with Crippen molar-refractivity contribution in [3.63, 3.8) is 0 Å². The Morgan fingerprint density at radius 3 is 3.03 bits per heavy atom. The first-order valence-corrected chi connectivity index (χ1v) is 10.1. The van der Waals surface area contributed by atoms with Crippen LogP contribution in [0.25, 0.3) is 11.0 Å². The number of fused-ring (bicyclic) bond motifs is 1. The zero-order valence-electron chi connectivity index (χ0n) is 16.3. The molecule has 1 fully saturated rings. The van der Waals surface area contributed by atoms with E-state index in [4.69, 9.17) is 33.2 Å². The van der Waals surface area contributed by atoms with Crippen molar-refractivity contribution >= 4 is 34.4 Å². The molecule has 3 rings (SSSR count). The lowest BCUT2D eigenvalue weighted by Crippen LogP contribution is -2.43. The highest BCUT2D eigenvalue weighted by molar-refractivity contribution is 6.28. The predicted molar refractivity (Wildman–Crippen MR) is 109 cm³/mol. The minimum Gasteiger partial charge on any atom is -0.461 e. The largest absolute Gasteiger partial charge is 0.461 e. The average Bonchev–Trinajstić information content (AvgIpc) is 3.25. The van der Waals surface area contributed by atoms with Gasteiger partial charge in [-0.05, 0) is 24.1 Å². The summed E-state index contributed by atoms with van der Waals surface area (Å²) in [6.45, 7) is 1.89. The summed E-state index contributed by atoms with van der Waals surface area (Å²) in [6, 6.07) is 1.74. The molecule has 0 aliphatic carbocycles. The van der Waals surface area contributed by atoms with E-state index < -0.39 is 17.9 Å². The van der Waals surface area contributed by atoms with Gasteiger partial charge in [-0.2, -0.15) is 4.98 Å². The second kappa shape index (κ2) is 8.99. The van der Waals surface area contributed by atoms with Gasteiger partial charge in [0.15, 0.2) is 5.60 Å². The van der Waals surface area contributed by atoms with Crippen LogP contribution in [-0.4, -0.2) is 43.9 Å². The third kappa shape index (κ3) is 4.47. The molecule has 0 radical (unpaired) electrons. The van der Waals surface area contributed by atoms with Gasteiger partial charge >= 0.3 is 5.97 Å². The van der Waals surface area contributed by atoms with Gasteiger partial charge in [-0.25, -0.2) is 4.98 Å². The molecule has 1 aliphatic heterocycles. The molecule has 2 aromatic rings. The molecular weight excluding hydrogens is 396 g/mol. The highest BCUT2D eigenvalue weighted by Gasteiger charge is 2.49. The van der Waals surface area contributed by atoms with Crippen LogP contribution in [0.1, 0.15) is 51.7 Å². The van der Waals surface area contributed by atoms with E-state index in [0.717, 1.165) is 25.7 Å². The van der Waals surface area contributed by atoms with Gasteiger partial charge in [-0.1, -0.05) is 32.1 Å². The van der Waals surface area contributed by atoms with Crippen molar-refractivity contribution in [3.05, 3.63) is 17.5 Å². The lowest BCUT2D eigenvalue weighted by atomic mass is 9.99. The van der Waals surface area contributed by atoms with E-state index in [0.29, 0.717) is 17.5 Å². The molecule has 0 saturated carbocycles. The SMILES string of the molecule is C#C[C@]1(COC(=O)CCCCCC)O[C@@H](n2ccc3c(N)nc(Cl)nc32)C[C@@H]1O. The van der Waals surface area contributed by atoms with Gasteiger partial charge in [0, 0.05) is 19.0 Å². The number of rotatable bonds is 8. The number of unbranched alkanes of at least 4 members (excludes halogenated alkanes) is 3. The summed E-state index contributed by atoms with van der Waals surface area (Å²) in [4.78, 5) is 20.1. The third-order valence-electron chi connectivity index (χ3n) is 5.12. The number of anilines is 1. The fourth-order valence-corrected chi connectivity index (χ4v) is 3.61. The van der Waals surface area contributed by atoms with Crippen LogP contribution >= 0.6 is 11.6 Å². The molecule has 0 unspecified atom stereocenters. The summed E-state index contributed by atoms with van der Waals surface area (Å²) < 4.78 is 13.0. The number of carbonyl (C=O) groups excluding carboxylic acids is 1. The van der Waals surface area contributed by atoms with Crippen LogP contribution in [0.5, 0.6) is 0 Å². The molecule has 9 heteroatoms. The standard InChI is InChI=1S/C20H25ClN4O4/c1-3-5-6-7-8-16(27)28-12-20(4-2)14(26)11-15(29-20)25-10-9-13-17(22)23-19(21)24-18(13)25/h2,9-10,14-15,26H,3,5-8,11-12H2,1H3,(H2,22,23,24)/t14-,15+,20+/m0/s1. The fraction of sp³-hybridized carbons (Fsp3) is 0.550. The molecule has 3 heterocycles. The Morgan fingerprint density at radius 1 is 1.52 bits per heavy atom. The van der Waals surface area contributed by atoms with Crippen molar-refractivity contribution in [3.8, 4) is 12.3 Å². The van der Waals surface area contributed by atoms with E-state index in [2.05, 4.69) is 22.8 Å². The molecule has 29 heavy (non-hydrogen) atoms. The van der Waals surface area contributed by atoms with Crippen LogP contribution in [0.3, 0.4) is 0 Å². The Labute approximate surface area is 174 Å². The number of aliphatic hydroxyl groups is 1. The van der Waals surface area contributed by atoms with E-state index >= 15 is 0 Å². The first kappa shape index (κ1) is 21.4. The Hall–Kier alpha value is -2.34. The summed E-state index contributed by atoms with van der Waals surface area (Å²) in [5.74, 6) is 2.37. The molecule has 156 valence electrons. The van der Waals surface area contributed by atoms with Crippen LogP contribution in [0.4, 0.5) is 5.82 Å². The molecule has 1 aliphatic rings. The van der Waals surface area contributed by atoms with Gasteiger partial charge in [0.1, 0.15) is 30.4 Å². The number of hydrogen-bond donors (Lipinski definition) is 2. The smallest absolute Gasteiger partial charge is 0.305 e. The molecule has 0 bridgehead atoms. The topological polar surface area (TPSA) is 112 Å². The van der Waals surface area contributed by atoms with E-state index in [1.54, 1.807) is 16.8 Å². The van der Waals surface area contributed by atoms with Gasteiger partial charge in [0.05, 0.1) is 5.39 Å². The normalized spacial score (nSPS) is 23.9. The van der Waals surface area contributed by atoms with Gasteiger partial charge in [0.25, 0.3) is 0 Å². The van der Waals surface area contributed by atoms with E-state index in [9.17, 15) is 9.90 Å². The Bertz CT molecular complexity index is 925. The number of aliphatic hydroxyl groups excluding tert-OH is 1. The van der Waals surface area contributed by atoms with Crippen molar-refractivity contribution in [1.29, 1.82) is 0 Å². The quantitative estimate of drug-likeness (QED) is 0.292. The first-order chi connectivity index (χ1) is 13.9. The minimum atomic E-state index is -1.43. The van der Waals surface area contributed by atoms with E-state index in [-0.39, 0.29) is 30.1 Å². The highest BCUT2D eigenvalue weighted by Crippen LogP contribution is 2.39. The number of nitrogens with zero attached hydrogens (tertiary/aromatic N) is 3. The van der Waals surface area contributed by atoms with E-state index in [1.165, 1.54) is 0 Å². The average molecular weight is 421 g/mol. The molecule has 2 aromatic heterocycles. The maximum Gasteiger partial charge on any atom is 0.305 e. The zero-order valence-corrected chi connectivity index (χ0v) is 17.1. The van der Waals surface area contributed by atoms with Crippen molar-refractivity contribution in [2.75, 3.05) is 12.3 Å². The molecule has 0 amide bonds. The summed E-state index contributed by atoms with van der Waals surface area (Å²) in [5.41, 5.74) is 4.93. The van der Waals surface area contributed by atoms with Gasteiger partial charge in [-0.15, -0.1) is 6.42 Å². The lowest BCUT2D eigenvalue weighted by molar-refractivity contribution is -0.156. The number of ether oxygens (including phenoxy) is 2. The number of hydrogen-bond acceptors (Lipinski definition) is 7. The Morgan fingerprint density at radius 2 is 2.31 bits per heavy atom. The van der Waals surface area contributed by atoms with Crippen LogP contribution in [0, 0.1) is 12.3 Å². The van der Waals surface area contributed by atoms with Crippen LogP contribution in [0.2, 0.25) is 5.28 Å².